The molecule has 0 fully saturated rings. The number of nitrogens with zero attached hydrogens (tertiary/aromatic N) is 2. The van der Waals surface area contributed by atoms with Crippen molar-refractivity contribution in [3.63, 3.8) is 0 Å². The first-order valence-corrected chi connectivity index (χ1v) is 7.63. The first kappa shape index (κ1) is 14.9. The topological polar surface area (TPSA) is 17.3 Å². The Morgan fingerprint density at radius 3 is 2.45 bits per heavy atom. The fraction of sp³-hybridized carbons (Fsp3) is 0.0556. The molecule has 0 saturated carbocycles. The van der Waals surface area contributed by atoms with Gasteiger partial charge in [-0.15, -0.1) is 0 Å². The van der Waals surface area contributed by atoms with Crippen LogP contribution < -0.4 is 0 Å². The van der Waals surface area contributed by atoms with E-state index in [2.05, 4.69) is 34.7 Å². The number of halogens is 2. The maximum atomic E-state index is 6.15. The molecule has 22 heavy (non-hydrogen) atoms. The summed E-state index contributed by atoms with van der Waals surface area (Å²) < 4.78 is 2.15. The van der Waals surface area contributed by atoms with Crippen LogP contribution in [0.25, 0.3) is 5.69 Å². The molecule has 4 heteroatoms. The molecule has 1 aromatic heterocycles. The van der Waals surface area contributed by atoms with Gasteiger partial charge in [0.1, 0.15) is 0 Å². The number of hydrogen-bond acceptors (Lipinski definition) is 1. The van der Waals surface area contributed by atoms with Crippen LogP contribution in [0.4, 0.5) is 5.69 Å². The van der Waals surface area contributed by atoms with E-state index in [1.165, 1.54) is 0 Å². The second kappa shape index (κ2) is 6.39. The van der Waals surface area contributed by atoms with Gasteiger partial charge in [-0.2, -0.15) is 0 Å². The van der Waals surface area contributed by atoms with Gasteiger partial charge in [-0.3, -0.25) is 4.99 Å². The fourth-order valence-corrected chi connectivity index (χ4v) is 2.77. The third-order valence-corrected chi connectivity index (χ3v) is 3.90. The molecule has 1 heterocycles. The molecule has 0 radical (unpaired) electrons. The number of benzene rings is 2. The van der Waals surface area contributed by atoms with Gasteiger partial charge in [0.05, 0.1) is 22.6 Å². The Labute approximate surface area is 139 Å². The van der Waals surface area contributed by atoms with Crippen molar-refractivity contribution >= 4 is 35.1 Å². The SMILES string of the molecule is Cc1ccc(C=Nc2ccc(Cl)cc2Cl)n1-c1ccccc1. The third kappa shape index (κ3) is 3.08. The minimum absolute atomic E-state index is 0.540. The summed E-state index contributed by atoms with van der Waals surface area (Å²) in [6.45, 7) is 2.07. The largest absolute Gasteiger partial charge is 0.313 e. The Kier molecular flexibility index (Phi) is 4.32. The summed E-state index contributed by atoms with van der Waals surface area (Å²) in [7, 11) is 0. The Hall–Kier alpha value is -2.03. The lowest BCUT2D eigenvalue weighted by Gasteiger charge is -2.09. The van der Waals surface area contributed by atoms with Crippen molar-refractivity contribution in [1.82, 2.24) is 4.57 Å². The van der Waals surface area contributed by atoms with Gasteiger partial charge in [0, 0.05) is 16.4 Å². The summed E-state index contributed by atoms with van der Waals surface area (Å²) in [5, 5.41) is 1.14. The molecule has 0 atom stereocenters. The van der Waals surface area contributed by atoms with Gasteiger partial charge in [-0.05, 0) is 49.4 Å². The highest BCUT2D eigenvalue weighted by Crippen LogP contribution is 2.28. The van der Waals surface area contributed by atoms with Crippen LogP contribution >= 0.6 is 23.2 Å². The average molecular weight is 329 g/mol. The lowest BCUT2D eigenvalue weighted by atomic mass is 10.3. The van der Waals surface area contributed by atoms with Crippen LogP contribution in [0.2, 0.25) is 10.0 Å². The van der Waals surface area contributed by atoms with Crippen molar-refractivity contribution in [2.24, 2.45) is 4.99 Å². The fourth-order valence-electron chi connectivity index (χ4n) is 2.31. The van der Waals surface area contributed by atoms with E-state index in [9.17, 15) is 0 Å². The van der Waals surface area contributed by atoms with Crippen LogP contribution in [0.15, 0.2) is 65.7 Å². The van der Waals surface area contributed by atoms with Crippen LogP contribution in [-0.4, -0.2) is 10.8 Å². The van der Waals surface area contributed by atoms with Gasteiger partial charge < -0.3 is 4.57 Å². The van der Waals surface area contributed by atoms with E-state index in [0.717, 1.165) is 17.1 Å². The van der Waals surface area contributed by atoms with Crippen LogP contribution in [0.5, 0.6) is 0 Å². The maximum absolute atomic E-state index is 6.15. The standard InChI is InChI=1S/C18H14Cl2N2/c1-13-7-9-16(22(13)15-5-3-2-4-6-15)12-21-18-10-8-14(19)11-17(18)20/h2-12H,1H3. The van der Waals surface area contributed by atoms with Crippen molar-refractivity contribution in [3.05, 3.63) is 82.1 Å². The highest BCUT2D eigenvalue weighted by molar-refractivity contribution is 6.36. The molecule has 0 aliphatic carbocycles. The first-order chi connectivity index (χ1) is 10.6. The van der Waals surface area contributed by atoms with Gasteiger partial charge in [-0.25, -0.2) is 0 Å². The van der Waals surface area contributed by atoms with Crippen LogP contribution in [0.1, 0.15) is 11.4 Å². The molecule has 0 spiro atoms. The molecule has 0 aliphatic rings. The predicted octanol–water partition coefficient (Wildman–Crippen LogP) is 5.84. The predicted molar refractivity (Wildman–Crippen MR) is 94.2 cm³/mol. The molecule has 0 aliphatic heterocycles. The maximum Gasteiger partial charge on any atom is 0.0817 e. The number of hydrogen-bond donors (Lipinski definition) is 0. The number of para-hydroxylation sites is 1. The molecule has 3 rings (SSSR count). The number of rotatable bonds is 3. The van der Waals surface area contributed by atoms with E-state index < -0.39 is 0 Å². The number of aryl methyl sites for hydroxylation is 1. The van der Waals surface area contributed by atoms with Crippen LogP contribution in [0, 0.1) is 6.92 Å². The minimum Gasteiger partial charge on any atom is -0.313 e. The molecule has 0 bridgehead atoms. The molecular formula is C18H14Cl2N2. The first-order valence-electron chi connectivity index (χ1n) is 6.88. The Bertz CT molecular complexity index is 820. The average Bonchev–Trinajstić information content (AvgIpc) is 2.88. The van der Waals surface area contributed by atoms with E-state index >= 15 is 0 Å². The van der Waals surface area contributed by atoms with E-state index in [0.29, 0.717) is 15.7 Å². The van der Waals surface area contributed by atoms with Crippen molar-refractivity contribution in [3.8, 4) is 5.69 Å². The van der Waals surface area contributed by atoms with E-state index in [1.807, 2.05) is 36.5 Å². The van der Waals surface area contributed by atoms with Crippen LogP contribution in [-0.2, 0) is 0 Å². The molecule has 110 valence electrons. The normalized spacial score (nSPS) is 11.2. The van der Waals surface area contributed by atoms with E-state index in [1.54, 1.807) is 12.1 Å². The van der Waals surface area contributed by atoms with Crippen molar-refractivity contribution in [2.75, 3.05) is 0 Å². The minimum atomic E-state index is 0.540. The van der Waals surface area contributed by atoms with Crippen LogP contribution in [0.3, 0.4) is 0 Å². The molecular weight excluding hydrogens is 315 g/mol. The van der Waals surface area contributed by atoms with Gasteiger partial charge in [-0.1, -0.05) is 41.4 Å². The summed E-state index contributed by atoms with van der Waals surface area (Å²) in [5.74, 6) is 0. The molecule has 3 aromatic rings. The van der Waals surface area contributed by atoms with E-state index in [-0.39, 0.29) is 0 Å². The zero-order chi connectivity index (χ0) is 15.5. The molecule has 2 aromatic carbocycles. The molecule has 0 unspecified atom stereocenters. The summed E-state index contributed by atoms with van der Waals surface area (Å²) in [6, 6.07) is 19.6. The summed E-state index contributed by atoms with van der Waals surface area (Å²) in [4.78, 5) is 4.48. The Morgan fingerprint density at radius 2 is 1.73 bits per heavy atom. The Balaban J connectivity index is 1.98. The second-order valence-electron chi connectivity index (χ2n) is 4.92. The highest BCUT2D eigenvalue weighted by Gasteiger charge is 2.05. The molecule has 0 saturated heterocycles. The van der Waals surface area contributed by atoms with Gasteiger partial charge in [0.15, 0.2) is 0 Å². The molecule has 2 nitrogen and oxygen atoms in total. The van der Waals surface area contributed by atoms with E-state index in [4.69, 9.17) is 23.2 Å². The summed E-state index contributed by atoms with van der Waals surface area (Å²) in [6.07, 6.45) is 1.81. The van der Waals surface area contributed by atoms with Crippen molar-refractivity contribution in [2.45, 2.75) is 6.92 Å². The van der Waals surface area contributed by atoms with Gasteiger partial charge in [0.25, 0.3) is 0 Å². The highest BCUT2D eigenvalue weighted by atomic mass is 35.5. The van der Waals surface area contributed by atoms with Gasteiger partial charge in [0.2, 0.25) is 0 Å². The summed E-state index contributed by atoms with van der Waals surface area (Å²) in [5.41, 5.74) is 3.95. The second-order valence-corrected chi connectivity index (χ2v) is 5.77. The quantitative estimate of drug-likeness (QED) is 0.537. The smallest absolute Gasteiger partial charge is 0.0817 e. The summed E-state index contributed by atoms with van der Waals surface area (Å²) >= 11 is 12.1. The molecule has 0 N–H and O–H groups in total. The lowest BCUT2D eigenvalue weighted by Crippen LogP contribution is -2.00. The van der Waals surface area contributed by atoms with Crippen molar-refractivity contribution in [1.29, 1.82) is 0 Å². The lowest BCUT2D eigenvalue weighted by molar-refractivity contribution is 1.01. The van der Waals surface area contributed by atoms with Crippen molar-refractivity contribution < 1.29 is 0 Å². The zero-order valence-electron chi connectivity index (χ0n) is 12.0. The zero-order valence-corrected chi connectivity index (χ0v) is 13.5. The third-order valence-electron chi connectivity index (χ3n) is 3.37. The Morgan fingerprint density at radius 1 is 0.955 bits per heavy atom. The monoisotopic (exact) mass is 328 g/mol. The number of aromatic nitrogens is 1. The number of aliphatic imine (C=N–C) groups is 1. The molecule has 0 amide bonds. The van der Waals surface area contributed by atoms with Gasteiger partial charge >= 0.3 is 0 Å².